The predicted octanol–water partition coefficient (Wildman–Crippen LogP) is 5.99. The third-order valence-corrected chi connectivity index (χ3v) is 7.83. The average molecular weight is 478 g/mol. The quantitative estimate of drug-likeness (QED) is 0.436. The van der Waals surface area contributed by atoms with E-state index >= 15 is 0 Å². The number of hydrogen-bond donors (Lipinski definition) is 0. The van der Waals surface area contributed by atoms with Crippen molar-refractivity contribution in [1.29, 1.82) is 0 Å². The third kappa shape index (κ3) is 4.70. The van der Waals surface area contributed by atoms with Crippen LogP contribution in [0.15, 0.2) is 48.5 Å². The van der Waals surface area contributed by atoms with Crippen LogP contribution in [0.5, 0.6) is 11.5 Å². The van der Waals surface area contributed by atoms with E-state index in [0.29, 0.717) is 26.2 Å². The van der Waals surface area contributed by atoms with Crippen molar-refractivity contribution in [3.05, 3.63) is 64.5 Å². The largest absolute Gasteiger partial charge is 0.497 e. The fraction of sp³-hybridized carbons (Fsp3) is 0.393. The zero-order chi connectivity index (χ0) is 23.7. The summed E-state index contributed by atoms with van der Waals surface area (Å²) in [7, 11) is 1.67. The van der Waals surface area contributed by atoms with Gasteiger partial charge in [-0.25, -0.2) is 0 Å². The highest BCUT2D eigenvalue weighted by molar-refractivity contribution is 7.19. The number of benzene rings is 2. The van der Waals surface area contributed by atoms with Gasteiger partial charge in [0.2, 0.25) is 0 Å². The van der Waals surface area contributed by atoms with Crippen LogP contribution in [0.1, 0.15) is 41.1 Å². The predicted molar refractivity (Wildman–Crippen MR) is 137 cm³/mol. The summed E-state index contributed by atoms with van der Waals surface area (Å²) in [6.07, 6.45) is 1.51. The second kappa shape index (κ2) is 9.43. The van der Waals surface area contributed by atoms with Crippen LogP contribution in [0, 0.1) is 5.41 Å². The number of carbonyl (C=O) groups is 1. The summed E-state index contributed by atoms with van der Waals surface area (Å²) >= 11 is 1.66. The molecule has 5 nitrogen and oxygen atoms in total. The van der Waals surface area contributed by atoms with Gasteiger partial charge in [0.15, 0.2) is 5.78 Å². The minimum atomic E-state index is -0.0390. The maximum absolute atomic E-state index is 13.1. The van der Waals surface area contributed by atoms with Crippen molar-refractivity contribution in [1.82, 2.24) is 0 Å². The first kappa shape index (κ1) is 22.9. The van der Waals surface area contributed by atoms with Crippen LogP contribution in [0.25, 0.3) is 11.1 Å². The van der Waals surface area contributed by atoms with Gasteiger partial charge < -0.3 is 19.1 Å². The van der Waals surface area contributed by atoms with Crippen LogP contribution in [0.2, 0.25) is 0 Å². The van der Waals surface area contributed by atoms with Crippen LogP contribution >= 0.6 is 11.3 Å². The molecule has 6 heteroatoms. The van der Waals surface area contributed by atoms with E-state index in [-0.39, 0.29) is 11.2 Å². The number of hydrogen-bond acceptors (Lipinski definition) is 6. The molecule has 2 heterocycles. The van der Waals surface area contributed by atoms with E-state index < -0.39 is 0 Å². The van der Waals surface area contributed by atoms with Gasteiger partial charge in [-0.1, -0.05) is 38.1 Å². The fourth-order valence-corrected chi connectivity index (χ4v) is 6.19. The first-order valence-electron chi connectivity index (χ1n) is 11.8. The Morgan fingerprint density at radius 2 is 1.79 bits per heavy atom. The molecule has 0 unspecified atom stereocenters. The molecule has 0 atom stereocenters. The molecule has 0 N–H and O–H groups in total. The van der Waals surface area contributed by atoms with Crippen LogP contribution in [0.3, 0.4) is 0 Å². The highest BCUT2D eigenvalue weighted by Gasteiger charge is 2.37. The molecule has 0 bridgehead atoms. The molecule has 2 aliphatic rings. The standard InChI is InChI=1S/C28H31NO4S/c1-28(2)16-23-25(27(29-10-12-32-13-11-29)34-26(23)24(30)17-28)20-7-5-9-22(15-20)33-18-19-6-4-8-21(14-19)31-3/h4-9,14-15H,10-13,16-18H2,1-3H3. The number of ketones is 1. The smallest absolute Gasteiger partial charge is 0.173 e. The lowest BCUT2D eigenvalue weighted by molar-refractivity contribution is 0.0918. The lowest BCUT2D eigenvalue weighted by Gasteiger charge is -2.30. The molecule has 1 aliphatic carbocycles. The third-order valence-electron chi connectivity index (χ3n) is 6.50. The molecule has 0 saturated carbocycles. The molecule has 1 saturated heterocycles. The molecular formula is C28H31NO4S. The average Bonchev–Trinajstić information content (AvgIpc) is 3.22. The fourth-order valence-electron chi connectivity index (χ4n) is 4.86. The highest BCUT2D eigenvalue weighted by atomic mass is 32.1. The minimum absolute atomic E-state index is 0.0390. The number of anilines is 1. The van der Waals surface area contributed by atoms with Gasteiger partial charge in [0.1, 0.15) is 18.1 Å². The Bertz CT molecular complexity index is 1190. The second-order valence-electron chi connectivity index (χ2n) is 9.80. The van der Waals surface area contributed by atoms with Gasteiger partial charge in [0.25, 0.3) is 0 Å². The highest BCUT2D eigenvalue weighted by Crippen LogP contribution is 2.49. The van der Waals surface area contributed by atoms with E-state index in [1.54, 1.807) is 18.4 Å². The van der Waals surface area contributed by atoms with Gasteiger partial charge in [-0.15, -0.1) is 11.3 Å². The van der Waals surface area contributed by atoms with Crippen LogP contribution in [-0.4, -0.2) is 39.2 Å². The number of rotatable bonds is 6. The van der Waals surface area contributed by atoms with Crippen molar-refractivity contribution in [3.8, 4) is 22.6 Å². The SMILES string of the molecule is COc1cccc(COc2cccc(-c3c(N4CCOCC4)sc4c3CC(C)(C)CC4=O)c2)c1. The Balaban J connectivity index is 1.50. The number of thiophene rings is 1. The Hall–Kier alpha value is -2.83. The molecule has 2 aromatic carbocycles. The zero-order valence-corrected chi connectivity index (χ0v) is 20.9. The molecule has 0 radical (unpaired) electrons. The van der Waals surface area contributed by atoms with Gasteiger partial charge in [-0.3, -0.25) is 4.79 Å². The summed E-state index contributed by atoms with van der Waals surface area (Å²) in [5.41, 5.74) is 4.50. The topological polar surface area (TPSA) is 48.0 Å². The van der Waals surface area contributed by atoms with Crippen molar-refractivity contribution < 1.29 is 19.0 Å². The Labute approximate surface area is 205 Å². The number of morpholine rings is 1. The molecule has 178 valence electrons. The monoisotopic (exact) mass is 477 g/mol. The molecule has 1 aliphatic heterocycles. The summed E-state index contributed by atoms with van der Waals surface area (Å²) < 4.78 is 17.1. The number of fused-ring (bicyclic) bond motifs is 1. The summed E-state index contributed by atoms with van der Waals surface area (Å²) in [5, 5.41) is 1.18. The molecule has 0 amide bonds. The van der Waals surface area contributed by atoms with E-state index in [2.05, 4.69) is 30.9 Å². The van der Waals surface area contributed by atoms with Gasteiger partial charge in [0.05, 0.1) is 30.2 Å². The Kier molecular flexibility index (Phi) is 6.36. The van der Waals surface area contributed by atoms with E-state index in [1.807, 2.05) is 36.4 Å². The van der Waals surface area contributed by atoms with Crippen molar-refractivity contribution in [2.24, 2.45) is 5.41 Å². The lowest BCUT2D eigenvalue weighted by atomic mass is 9.75. The maximum Gasteiger partial charge on any atom is 0.173 e. The first-order valence-corrected chi connectivity index (χ1v) is 12.6. The second-order valence-corrected chi connectivity index (χ2v) is 10.8. The number of nitrogens with zero attached hydrogens (tertiary/aromatic N) is 1. The molecule has 0 spiro atoms. The van der Waals surface area contributed by atoms with Crippen molar-refractivity contribution >= 4 is 22.1 Å². The van der Waals surface area contributed by atoms with E-state index in [4.69, 9.17) is 14.2 Å². The molecule has 3 aromatic rings. The van der Waals surface area contributed by atoms with E-state index in [1.165, 1.54) is 16.1 Å². The first-order chi connectivity index (χ1) is 16.4. The van der Waals surface area contributed by atoms with Crippen LogP contribution < -0.4 is 14.4 Å². The Morgan fingerprint density at radius 3 is 2.59 bits per heavy atom. The van der Waals surface area contributed by atoms with Gasteiger partial charge in [0, 0.05) is 25.1 Å². The van der Waals surface area contributed by atoms with Gasteiger partial charge in [-0.2, -0.15) is 0 Å². The molecule has 34 heavy (non-hydrogen) atoms. The molecular weight excluding hydrogens is 446 g/mol. The molecule has 5 rings (SSSR count). The summed E-state index contributed by atoms with van der Waals surface area (Å²) in [5.74, 6) is 1.90. The summed E-state index contributed by atoms with van der Waals surface area (Å²) in [6, 6.07) is 16.2. The minimum Gasteiger partial charge on any atom is -0.497 e. The van der Waals surface area contributed by atoms with Crippen LogP contribution in [-0.2, 0) is 17.8 Å². The molecule has 1 fully saturated rings. The summed E-state index contributed by atoms with van der Waals surface area (Å²) in [4.78, 5) is 16.4. The van der Waals surface area contributed by atoms with E-state index in [0.717, 1.165) is 47.0 Å². The van der Waals surface area contributed by atoms with E-state index in [9.17, 15) is 4.79 Å². The van der Waals surface area contributed by atoms with Crippen molar-refractivity contribution in [2.75, 3.05) is 38.3 Å². The number of Topliss-reactive ketones (excluding diaryl/α,β-unsaturated/α-hetero) is 1. The summed E-state index contributed by atoms with van der Waals surface area (Å²) in [6.45, 7) is 7.96. The van der Waals surface area contributed by atoms with Crippen LogP contribution in [0.4, 0.5) is 5.00 Å². The van der Waals surface area contributed by atoms with Gasteiger partial charge in [-0.05, 0) is 52.8 Å². The number of carbonyl (C=O) groups excluding carboxylic acids is 1. The lowest BCUT2D eigenvalue weighted by Crippen LogP contribution is -2.36. The van der Waals surface area contributed by atoms with Crippen molar-refractivity contribution in [3.63, 3.8) is 0 Å². The Morgan fingerprint density at radius 1 is 1.03 bits per heavy atom. The zero-order valence-electron chi connectivity index (χ0n) is 20.1. The molecule has 1 aromatic heterocycles. The number of methoxy groups -OCH3 is 1. The van der Waals surface area contributed by atoms with Gasteiger partial charge >= 0.3 is 0 Å². The van der Waals surface area contributed by atoms with Crippen molar-refractivity contribution in [2.45, 2.75) is 33.3 Å². The number of ether oxygens (including phenoxy) is 3. The maximum atomic E-state index is 13.1. The normalized spacial score (nSPS) is 17.4.